The Morgan fingerprint density at radius 3 is 1.80 bits per heavy atom. The molecule has 1 aromatic rings. The van der Waals surface area contributed by atoms with Gasteiger partial charge in [-0.3, -0.25) is 4.57 Å². The first-order valence-electron chi connectivity index (χ1n) is 12.2. The molecule has 1 rings (SSSR count). The minimum Gasteiger partial charge on any atom is -0.443 e. The number of methoxy groups -OCH3 is 1. The number of amides is 2. The van der Waals surface area contributed by atoms with Crippen molar-refractivity contribution in [3.8, 4) is 0 Å². The van der Waals surface area contributed by atoms with Gasteiger partial charge in [-0.1, -0.05) is 0 Å². The first-order valence-corrected chi connectivity index (χ1v) is 12.2. The van der Waals surface area contributed by atoms with Crippen molar-refractivity contribution >= 4 is 24.2 Å². The molecule has 15 heteroatoms. The van der Waals surface area contributed by atoms with Crippen LogP contribution in [0.1, 0.15) is 62.3 Å². The van der Waals surface area contributed by atoms with Gasteiger partial charge in [-0.05, 0) is 68.4 Å². The van der Waals surface area contributed by atoms with E-state index in [9.17, 15) is 24.3 Å². The van der Waals surface area contributed by atoms with E-state index in [1.54, 1.807) is 41.5 Å². The minimum atomic E-state index is -4.00. The van der Waals surface area contributed by atoms with Crippen molar-refractivity contribution in [2.45, 2.75) is 104 Å². The summed E-state index contributed by atoms with van der Waals surface area (Å²) in [5.41, 5.74) is -4.43. The summed E-state index contributed by atoms with van der Waals surface area (Å²) < 4.78 is 56.2. The minimum absolute atomic E-state index is 0.363. The average molecular weight is 580 g/mol. The third-order valence-electron chi connectivity index (χ3n) is 4.47. The van der Waals surface area contributed by atoms with Gasteiger partial charge in [0.1, 0.15) is 22.9 Å². The van der Waals surface area contributed by atoms with E-state index in [4.69, 9.17) is 23.7 Å². The third kappa shape index (κ3) is 11.0. The number of nitrogens with zero attached hydrogens (tertiary/aromatic N) is 3. The number of carbonyl (C=O) groups excluding carboxylic acids is 3. The summed E-state index contributed by atoms with van der Waals surface area (Å²) in [6, 6.07) is 0.953. The number of aliphatic hydroxyl groups is 1. The SMILES string of the molecule is CO[C@H](CO)[C@H](OC(=O)OC(C)(C)C)C(F)(F)Cn1ccc(N(C(=O)OC(C)(C)C)C(=O)OC(C)(C)C)nc1=O. The lowest BCUT2D eigenvalue weighted by Gasteiger charge is -2.32. The van der Waals surface area contributed by atoms with Crippen LogP contribution in [0.15, 0.2) is 17.1 Å². The molecule has 0 aliphatic heterocycles. The molecule has 1 aromatic heterocycles. The third-order valence-corrected chi connectivity index (χ3v) is 4.47. The topological polar surface area (TPSA) is 156 Å². The van der Waals surface area contributed by atoms with Crippen molar-refractivity contribution in [1.82, 2.24) is 9.55 Å². The van der Waals surface area contributed by atoms with Crippen molar-refractivity contribution in [1.29, 1.82) is 0 Å². The van der Waals surface area contributed by atoms with Crippen molar-refractivity contribution in [3.05, 3.63) is 22.7 Å². The summed E-state index contributed by atoms with van der Waals surface area (Å²) >= 11 is 0. The normalized spacial score (nSPS) is 14.1. The fourth-order valence-electron chi connectivity index (χ4n) is 2.96. The maximum absolute atomic E-state index is 15.4. The van der Waals surface area contributed by atoms with Gasteiger partial charge in [-0.2, -0.15) is 9.88 Å². The van der Waals surface area contributed by atoms with E-state index in [1.807, 2.05) is 0 Å². The molecule has 0 saturated carbocycles. The molecule has 0 radical (unpaired) electrons. The molecule has 13 nitrogen and oxygen atoms in total. The van der Waals surface area contributed by atoms with Gasteiger partial charge in [0.05, 0.1) is 13.2 Å². The lowest BCUT2D eigenvalue weighted by Crippen LogP contribution is -2.52. The molecule has 0 aliphatic carbocycles. The van der Waals surface area contributed by atoms with Gasteiger partial charge in [-0.15, -0.1) is 0 Å². The van der Waals surface area contributed by atoms with Gasteiger partial charge < -0.3 is 28.8 Å². The molecule has 228 valence electrons. The molecule has 1 heterocycles. The first-order chi connectivity index (χ1) is 18.0. The first kappa shape index (κ1) is 34.7. The van der Waals surface area contributed by atoms with E-state index < -0.39 is 77.9 Å². The molecule has 40 heavy (non-hydrogen) atoms. The maximum Gasteiger partial charge on any atom is 0.509 e. The van der Waals surface area contributed by atoms with Gasteiger partial charge in [0, 0.05) is 13.3 Å². The number of rotatable bonds is 8. The van der Waals surface area contributed by atoms with Crippen molar-refractivity contribution < 1.29 is 52.0 Å². The van der Waals surface area contributed by atoms with E-state index in [0.717, 1.165) is 19.4 Å². The zero-order valence-electron chi connectivity index (χ0n) is 24.4. The Kier molecular flexibility index (Phi) is 11.2. The highest BCUT2D eigenvalue weighted by Crippen LogP contribution is 2.28. The van der Waals surface area contributed by atoms with E-state index in [-0.39, 0.29) is 0 Å². The van der Waals surface area contributed by atoms with Crippen molar-refractivity contribution in [2.75, 3.05) is 18.6 Å². The van der Waals surface area contributed by atoms with E-state index in [1.165, 1.54) is 20.8 Å². The van der Waals surface area contributed by atoms with Gasteiger partial charge in [0.15, 0.2) is 11.9 Å². The molecule has 0 spiro atoms. The number of hydrogen-bond donors (Lipinski definition) is 1. The zero-order valence-corrected chi connectivity index (χ0v) is 24.4. The fourth-order valence-corrected chi connectivity index (χ4v) is 2.96. The van der Waals surface area contributed by atoms with Crippen LogP contribution in [0.25, 0.3) is 0 Å². The second-order valence-electron chi connectivity index (χ2n) is 11.7. The van der Waals surface area contributed by atoms with Gasteiger partial charge in [-0.25, -0.2) is 28.0 Å². The summed E-state index contributed by atoms with van der Waals surface area (Å²) in [6.07, 6.45) is -7.07. The Morgan fingerprint density at radius 1 is 0.950 bits per heavy atom. The van der Waals surface area contributed by atoms with E-state index >= 15 is 8.78 Å². The number of halogens is 2. The Bertz CT molecular complexity index is 1070. The number of ether oxygens (including phenoxy) is 5. The summed E-state index contributed by atoms with van der Waals surface area (Å²) in [5.74, 6) is -4.54. The van der Waals surface area contributed by atoms with Crippen molar-refractivity contribution in [2.24, 2.45) is 0 Å². The monoisotopic (exact) mass is 579 g/mol. The highest BCUT2D eigenvalue weighted by Gasteiger charge is 2.49. The fraction of sp³-hybridized carbons (Fsp3) is 0.720. The number of aliphatic hydroxyl groups excluding tert-OH is 1. The second kappa shape index (κ2) is 12.9. The quantitative estimate of drug-likeness (QED) is 0.352. The second-order valence-corrected chi connectivity index (χ2v) is 11.7. The summed E-state index contributed by atoms with van der Waals surface area (Å²) in [4.78, 5) is 54.4. The highest BCUT2D eigenvalue weighted by molar-refractivity contribution is 6.08. The average Bonchev–Trinajstić information content (AvgIpc) is 2.72. The van der Waals surface area contributed by atoms with Crippen LogP contribution in [-0.2, 0) is 30.2 Å². The molecule has 2 atom stereocenters. The smallest absolute Gasteiger partial charge is 0.443 e. The molecular formula is C25H39F2N3O10. The van der Waals surface area contributed by atoms with Crippen LogP contribution >= 0.6 is 0 Å². The summed E-state index contributed by atoms with van der Waals surface area (Å²) in [7, 11) is 1.02. The number of imide groups is 1. The Hall–Kier alpha value is -3.33. The standard InChI is InChI=1S/C25H39F2N3O10/c1-22(2,3)38-19(33)30(20(34)39-23(4,5)6)16-11-12-29(18(32)28-16)14-25(26,27)17(15(13-31)36-10)37-21(35)40-24(7,8)9/h11-12,15,17,31H,13-14H2,1-10H3/t15-,17+/m1/s1. The highest BCUT2D eigenvalue weighted by atomic mass is 19.3. The van der Waals surface area contributed by atoms with Gasteiger partial charge in [0.2, 0.25) is 0 Å². The van der Waals surface area contributed by atoms with Crippen LogP contribution < -0.4 is 10.6 Å². The molecule has 0 fully saturated rings. The molecule has 1 N–H and O–H groups in total. The Labute approximate surface area is 231 Å². The van der Waals surface area contributed by atoms with E-state index in [0.29, 0.717) is 9.47 Å². The lowest BCUT2D eigenvalue weighted by atomic mass is 10.1. The summed E-state index contributed by atoms with van der Waals surface area (Å²) in [6.45, 7) is 11.4. The number of carbonyl (C=O) groups is 3. The summed E-state index contributed by atoms with van der Waals surface area (Å²) in [5, 5.41) is 9.52. The lowest BCUT2D eigenvalue weighted by molar-refractivity contribution is -0.186. The number of hydrogen-bond acceptors (Lipinski definition) is 11. The van der Waals surface area contributed by atoms with Crippen LogP contribution in [0.4, 0.5) is 29.0 Å². The molecule has 0 unspecified atom stereocenters. The van der Waals surface area contributed by atoms with E-state index in [2.05, 4.69) is 4.98 Å². The Morgan fingerprint density at radius 2 is 1.43 bits per heavy atom. The van der Waals surface area contributed by atoms with Crippen LogP contribution in [0, 0.1) is 0 Å². The Balaban J connectivity index is 3.41. The van der Waals surface area contributed by atoms with Gasteiger partial charge in [0.25, 0.3) is 0 Å². The largest absolute Gasteiger partial charge is 0.509 e. The van der Waals surface area contributed by atoms with Crippen LogP contribution in [0.5, 0.6) is 0 Å². The number of anilines is 1. The predicted octanol–water partition coefficient (Wildman–Crippen LogP) is 3.88. The molecule has 0 saturated heterocycles. The molecule has 2 amide bonds. The predicted molar refractivity (Wildman–Crippen MR) is 137 cm³/mol. The molecule has 0 aromatic carbocycles. The van der Waals surface area contributed by atoms with Crippen LogP contribution in [0.2, 0.25) is 0 Å². The van der Waals surface area contributed by atoms with Gasteiger partial charge >= 0.3 is 30.0 Å². The number of alkyl halides is 2. The maximum atomic E-state index is 15.4. The van der Waals surface area contributed by atoms with Crippen LogP contribution in [0.3, 0.4) is 0 Å². The zero-order chi connectivity index (χ0) is 31.3. The van der Waals surface area contributed by atoms with Crippen molar-refractivity contribution in [3.63, 3.8) is 0 Å². The van der Waals surface area contributed by atoms with Crippen LogP contribution in [-0.4, -0.2) is 81.6 Å². The number of aromatic nitrogens is 2. The molecule has 0 aliphatic rings. The molecular weight excluding hydrogens is 540 g/mol. The molecule has 0 bridgehead atoms.